The molecule has 0 radical (unpaired) electrons. The zero-order chi connectivity index (χ0) is 18.0. The van der Waals surface area contributed by atoms with Crippen LogP contribution in [0.2, 0.25) is 0 Å². The molecule has 7 heteroatoms. The highest BCUT2D eigenvalue weighted by molar-refractivity contribution is 9.10. The molecule has 0 unspecified atom stereocenters. The van der Waals surface area contributed by atoms with Gasteiger partial charge in [0.05, 0.1) is 11.4 Å². The first-order chi connectivity index (χ1) is 11.9. The Kier molecular flexibility index (Phi) is 5.15. The average Bonchev–Trinajstić information content (AvgIpc) is 2.91. The molecule has 0 saturated heterocycles. The Hall–Kier alpha value is -2.25. The summed E-state index contributed by atoms with van der Waals surface area (Å²) in [5.41, 5.74) is 1.36. The fourth-order valence-electron chi connectivity index (χ4n) is 2.39. The van der Waals surface area contributed by atoms with Gasteiger partial charge in [-0.25, -0.2) is 4.39 Å². The van der Waals surface area contributed by atoms with Crippen LogP contribution in [0.15, 0.2) is 46.9 Å². The molecule has 0 aliphatic heterocycles. The molecule has 3 aromatic rings. The van der Waals surface area contributed by atoms with Crippen molar-refractivity contribution in [3.8, 4) is 0 Å². The lowest BCUT2D eigenvalue weighted by Crippen LogP contribution is -2.32. The molecule has 0 aliphatic rings. The number of nitrogens with one attached hydrogen (secondary N) is 2. The number of thiophene rings is 1. The number of hydrogen-bond donors (Lipinski definition) is 2. The zero-order valence-electron chi connectivity index (χ0n) is 13.2. The summed E-state index contributed by atoms with van der Waals surface area (Å²) in [5.74, 6) is -1.00. The molecule has 2 aromatic carbocycles. The minimum absolute atomic E-state index is 0.142. The van der Waals surface area contributed by atoms with Crippen LogP contribution in [0.3, 0.4) is 0 Å². The van der Waals surface area contributed by atoms with E-state index < -0.39 is 0 Å². The Morgan fingerprint density at radius 3 is 2.60 bits per heavy atom. The molecule has 2 N–H and O–H groups in total. The second kappa shape index (κ2) is 7.33. The molecule has 128 valence electrons. The number of fused-ring (bicyclic) bond motifs is 1. The number of carbonyl (C=O) groups is 2. The maximum absolute atomic E-state index is 13.4. The number of halogens is 2. The highest BCUT2D eigenvalue weighted by Crippen LogP contribution is 2.31. The molecule has 1 heterocycles. The van der Waals surface area contributed by atoms with Crippen molar-refractivity contribution in [3.05, 3.63) is 63.2 Å². The standard InChI is InChI=1S/C18H14BrFN2O2S/c1-10-14-8-12(20)4-7-15(14)25-17(10)18(24)21-9-16(23)22-13-5-2-11(19)3-6-13/h2-8H,9H2,1H3,(H,21,24)(H,22,23). The van der Waals surface area contributed by atoms with Crippen LogP contribution in [-0.4, -0.2) is 18.4 Å². The van der Waals surface area contributed by atoms with Gasteiger partial charge >= 0.3 is 0 Å². The first-order valence-corrected chi connectivity index (χ1v) is 9.07. The number of amides is 2. The van der Waals surface area contributed by atoms with Crippen LogP contribution in [0.1, 0.15) is 15.2 Å². The lowest BCUT2D eigenvalue weighted by molar-refractivity contribution is -0.115. The fraction of sp³-hybridized carbons (Fsp3) is 0.111. The molecule has 0 aliphatic carbocycles. The third-order valence-electron chi connectivity index (χ3n) is 3.64. The van der Waals surface area contributed by atoms with Crippen molar-refractivity contribution in [2.45, 2.75) is 6.92 Å². The van der Waals surface area contributed by atoms with Gasteiger partial charge in [-0.1, -0.05) is 15.9 Å². The first kappa shape index (κ1) is 17.6. The highest BCUT2D eigenvalue weighted by atomic mass is 79.9. The van der Waals surface area contributed by atoms with Crippen LogP contribution in [0.5, 0.6) is 0 Å². The highest BCUT2D eigenvalue weighted by Gasteiger charge is 2.16. The summed E-state index contributed by atoms with van der Waals surface area (Å²) in [6, 6.07) is 11.6. The van der Waals surface area contributed by atoms with Gasteiger partial charge in [-0.15, -0.1) is 11.3 Å². The third-order valence-corrected chi connectivity index (χ3v) is 5.44. The summed E-state index contributed by atoms with van der Waals surface area (Å²) in [6.45, 7) is 1.63. The smallest absolute Gasteiger partial charge is 0.262 e. The van der Waals surface area contributed by atoms with E-state index in [2.05, 4.69) is 26.6 Å². The molecule has 0 fully saturated rings. The van der Waals surface area contributed by atoms with Crippen LogP contribution < -0.4 is 10.6 Å². The molecule has 3 rings (SSSR count). The number of aryl methyl sites for hydroxylation is 1. The van der Waals surface area contributed by atoms with Gasteiger partial charge in [-0.05, 0) is 60.3 Å². The van der Waals surface area contributed by atoms with Crippen LogP contribution in [-0.2, 0) is 4.79 Å². The number of anilines is 1. The van der Waals surface area contributed by atoms with E-state index in [1.165, 1.54) is 23.5 Å². The molecule has 2 amide bonds. The summed E-state index contributed by atoms with van der Waals surface area (Å²) in [5, 5.41) is 6.02. The summed E-state index contributed by atoms with van der Waals surface area (Å²) >= 11 is 4.60. The summed E-state index contributed by atoms with van der Waals surface area (Å²) in [7, 11) is 0. The van der Waals surface area contributed by atoms with Gasteiger partial charge in [0.2, 0.25) is 5.91 Å². The predicted octanol–water partition coefficient (Wildman–Crippen LogP) is 4.48. The van der Waals surface area contributed by atoms with E-state index in [-0.39, 0.29) is 24.2 Å². The molecule has 0 bridgehead atoms. The second-order valence-corrected chi connectivity index (χ2v) is 7.40. The largest absolute Gasteiger partial charge is 0.342 e. The van der Waals surface area contributed by atoms with E-state index in [9.17, 15) is 14.0 Å². The molecular formula is C18H14BrFN2O2S. The van der Waals surface area contributed by atoms with Gasteiger partial charge in [0.15, 0.2) is 0 Å². The van der Waals surface area contributed by atoms with Crippen molar-refractivity contribution < 1.29 is 14.0 Å². The van der Waals surface area contributed by atoms with Gasteiger partial charge in [0.25, 0.3) is 5.91 Å². The Labute approximate surface area is 156 Å². The van der Waals surface area contributed by atoms with E-state index in [1.807, 2.05) is 12.1 Å². The predicted molar refractivity (Wildman–Crippen MR) is 102 cm³/mol. The van der Waals surface area contributed by atoms with Crippen LogP contribution in [0.4, 0.5) is 10.1 Å². The molecular weight excluding hydrogens is 407 g/mol. The second-order valence-electron chi connectivity index (χ2n) is 5.43. The lowest BCUT2D eigenvalue weighted by atomic mass is 10.1. The number of rotatable bonds is 4. The quantitative estimate of drug-likeness (QED) is 0.653. The van der Waals surface area contributed by atoms with Crippen LogP contribution in [0, 0.1) is 12.7 Å². The maximum Gasteiger partial charge on any atom is 0.262 e. The van der Waals surface area contributed by atoms with E-state index in [0.29, 0.717) is 16.1 Å². The van der Waals surface area contributed by atoms with Crippen LogP contribution >= 0.6 is 27.3 Å². The molecule has 4 nitrogen and oxygen atoms in total. The van der Waals surface area contributed by atoms with Crippen molar-refractivity contribution in [1.29, 1.82) is 0 Å². The average molecular weight is 421 g/mol. The number of hydrogen-bond acceptors (Lipinski definition) is 3. The molecule has 0 saturated carbocycles. The van der Waals surface area contributed by atoms with E-state index in [0.717, 1.165) is 14.6 Å². The van der Waals surface area contributed by atoms with Crippen molar-refractivity contribution in [2.24, 2.45) is 0 Å². The van der Waals surface area contributed by atoms with Crippen molar-refractivity contribution in [1.82, 2.24) is 5.32 Å². The van der Waals surface area contributed by atoms with Gasteiger partial charge in [0, 0.05) is 14.9 Å². The van der Waals surface area contributed by atoms with Crippen molar-refractivity contribution in [3.63, 3.8) is 0 Å². The van der Waals surface area contributed by atoms with E-state index in [1.54, 1.807) is 25.1 Å². The zero-order valence-corrected chi connectivity index (χ0v) is 15.6. The number of benzene rings is 2. The summed E-state index contributed by atoms with van der Waals surface area (Å²) in [6.07, 6.45) is 0. The molecule has 0 atom stereocenters. The fourth-order valence-corrected chi connectivity index (χ4v) is 3.76. The van der Waals surface area contributed by atoms with Crippen LogP contribution in [0.25, 0.3) is 10.1 Å². The Morgan fingerprint density at radius 1 is 1.16 bits per heavy atom. The normalized spacial score (nSPS) is 10.7. The van der Waals surface area contributed by atoms with Crippen molar-refractivity contribution in [2.75, 3.05) is 11.9 Å². The summed E-state index contributed by atoms with van der Waals surface area (Å²) in [4.78, 5) is 24.8. The minimum atomic E-state index is -0.343. The summed E-state index contributed by atoms with van der Waals surface area (Å²) < 4.78 is 15.1. The maximum atomic E-state index is 13.4. The topological polar surface area (TPSA) is 58.2 Å². The van der Waals surface area contributed by atoms with Crippen molar-refractivity contribution >= 4 is 54.9 Å². The van der Waals surface area contributed by atoms with E-state index in [4.69, 9.17) is 0 Å². The Balaban J connectivity index is 1.65. The van der Waals surface area contributed by atoms with Gasteiger partial charge in [-0.2, -0.15) is 0 Å². The lowest BCUT2D eigenvalue weighted by Gasteiger charge is -2.07. The Morgan fingerprint density at radius 2 is 1.88 bits per heavy atom. The third kappa shape index (κ3) is 4.05. The molecule has 25 heavy (non-hydrogen) atoms. The SMILES string of the molecule is Cc1c(C(=O)NCC(=O)Nc2ccc(Br)cc2)sc2ccc(F)cc12. The molecule has 0 spiro atoms. The van der Waals surface area contributed by atoms with E-state index >= 15 is 0 Å². The van der Waals surface area contributed by atoms with Gasteiger partial charge < -0.3 is 10.6 Å². The number of carbonyl (C=O) groups excluding carboxylic acids is 2. The first-order valence-electron chi connectivity index (χ1n) is 7.46. The van der Waals surface area contributed by atoms with Gasteiger partial charge in [0.1, 0.15) is 5.82 Å². The monoisotopic (exact) mass is 420 g/mol. The van der Waals surface area contributed by atoms with Gasteiger partial charge in [-0.3, -0.25) is 9.59 Å². The Bertz CT molecular complexity index is 954. The minimum Gasteiger partial charge on any atom is -0.342 e. The molecule has 1 aromatic heterocycles.